The van der Waals surface area contributed by atoms with E-state index in [9.17, 15) is 72.9 Å². The van der Waals surface area contributed by atoms with Crippen LogP contribution in [0, 0.1) is 5.92 Å². The van der Waals surface area contributed by atoms with Crippen molar-refractivity contribution in [3.8, 4) is 0 Å². The Morgan fingerprint density at radius 1 is 0.594 bits per heavy atom. The number of thiol groups is 1. The smallest absolute Gasteiger partial charge is 0.328 e. The lowest BCUT2D eigenvalue weighted by molar-refractivity contribution is -0.143. The fourth-order valence-electron chi connectivity index (χ4n) is 10.8. The van der Waals surface area contributed by atoms with Gasteiger partial charge in [-0.25, -0.2) is 4.79 Å². The largest absolute Gasteiger partial charge is 0.480 e. The van der Waals surface area contributed by atoms with Crippen LogP contribution in [-0.4, -0.2) is 250 Å². The summed E-state index contributed by atoms with van der Waals surface area (Å²) in [6, 6.07) is -9.21. The van der Waals surface area contributed by atoms with E-state index < -0.39 is 157 Å². The van der Waals surface area contributed by atoms with Crippen LogP contribution in [0.2, 0.25) is 0 Å². The van der Waals surface area contributed by atoms with Crippen molar-refractivity contribution in [3.63, 3.8) is 0 Å². The molecule has 101 heavy (non-hydrogen) atoms. The summed E-state index contributed by atoms with van der Waals surface area (Å²) in [5.41, 5.74) is 35.6. The minimum absolute atomic E-state index is 0.000231. The number of carbonyl (C=O) groups excluding carboxylic acids is 11. The number of hydrogen-bond acceptors (Lipinski definition) is 21. The van der Waals surface area contributed by atoms with Gasteiger partial charge in [-0.1, -0.05) is 39.0 Å². The molecule has 12 atom stereocenters. The molecule has 0 radical (unpaired) electrons. The Balaban J connectivity index is 1.97. The van der Waals surface area contributed by atoms with Gasteiger partial charge in [-0.3, -0.25) is 62.7 Å². The molecule has 1 aliphatic heterocycles. The molecule has 2 aromatic rings. The van der Waals surface area contributed by atoms with Crippen molar-refractivity contribution >= 4 is 130 Å². The van der Waals surface area contributed by atoms with Gasteiger partial charge in [0.2, 0.25) is 65.0 Å². The Hall–Kier alpha value is -8.17. The fourth-order valence-corrected chi connectivity index (χ4v) is 12.0. The first kappa shape index (κ1) is 87.0. The number of nitrogens with two attached hydrogens (primary N) is 6. The van der Waals surface area contributed by atoms with Gasteiger partial charge in [-0.2, -0.15) is 36.2 Å². The summed E-state index contributed by atoms with van der Waals surface area (Å²) >= 11 is 7.09. The van der Waals surface area contributed by atoms with Gasteiger partial charge in [0.1, 0.15) is 66.5 Å². The molecule has 0 unspecified atom stereocenters. The summed E-state index contributed by atoms with van der Waals surface area (Å²) in [6.45, 7) is 3.53. The molecule has 3 rings (SSSR count). The zero-order valence-electron chi connectivity index (χ0n) is 58.0. The molecule has 11 amide bonds. The minimum atomic E-state index is -1.81. The number of H-pyrrole nitrogens is 1. The summed E-state index contributed by atoms with van der Waals surface area (Å²) in [4.78, 5) is 179. The molecule has 26 N–H and O–H groups in total. The van der Waals surface area contributed by atoms with E-state index in [1.54, 1.807) is 43.6 Å². The molecule has 0 aliphatic carbocycles. The molecule has 1 aromatic carbocycles. The van der Waals surface area contributed by atoms with Crippen LogP contribution in [0.3, 0.4) is 0 Å². The lowest BCUT2D eigenvalue weighted by atomic mass is 10.0. The average molecular weight is 1480 g/mol. The van der Waals surface area contributed by atoms with E-state index in [4.69, 9.17) is 34.4 Å². The second kappa shape index (κ2) is 46.4. The average Bonchev–Trinajstić information content (AvgIpc) is 1.73. The highest BCUT2D eigenvalue weighted by molar-refractivity contribution is 7.98. The number of aliphatic hydroxyl groups excluding tert-OH is 2. The topological polar surface area (TPSA) is 586 Å². The number of benzene rings is 1. The molecule has 38 heteroatoms. The van der Waals surface area contributed by atoms with E-state index in [0.717, 1.165) is 0 Å². The number of rotatable bonds is 48. The number of aliphatic imine (C=N–C) groups is 2. The molecule has 2 heterocycles. The number of carbonyl (C=O) groups is 12. The number of unbranched alkanes of at least 4 members (excludes halogenated alkanes) is 1. The number of hydrogen-bond donors (Lipinski definition) is 21. The zero-order chi connectivity index (χ0) is 75.3. The summed E-state index contributed by atoms with van der Waals surface area (Å²) in [5.74, 6) is -10.6. The molecule has 1 aliphatic rings. The number of nitrogens with zero attached hydrogens (tertiary/aromatic N) is 3. The molecule has 0 spiro atoms. The third-order valence-electron chi connectivity index (χ3n) is 16.3. The third kappa shape index (κ3) is 30.1. The van der Waals surface area contributed by atoms with Crippen LogP contribution in [0.5, 0.6) is 0 Å². The molecule has 566 valence electrons. The number of thioether (sulfide) groups is 2. The molecule has 1 aromatic heterocycles. The number of aromatic amines is 1. The number of guanidine groups is 2. The van der Waals surface area contributed by atoms with E-state index in [0.29, 0.717) is 47.2 Å². The maximum atomic E-state index is 14.8. The lowest BCUT2D eigenvalue weighted by Gasteiger charge is -2.31. The molecule has 1 fully saturated rings. The first-order valence-electron chi connectivity index (χ1n) is 33.6. The Morgan fingerprint density at radius 2 is 1.06 bits per heavy atom. The highest BCUT2D eigenvalue weighted by Gasteiger charge is 2.41. The first-order valence-corrected chi connectivity index (χ1v) is 37.0. The maximum absolute atomic E-state index is 14.8. The fraction of sp³-hybridized carbons (Fsp3) is 0.651. The Kier molecular flexibility index (Phi) is 40.0. The van der Waals surface area contributed by atoms with Gasteiger partial charge >= 0.3 is 5.97 Å². The van der Waals surface area contributed by atoms with Crippen LogP contribution in [0.15, 0.2) is 40.4 Å². The van der Waals surface area contributed by atoms with E-state index >= 15 is 0 Å². The molecule has 0 saturated carbocycles. The van der Waals surface area contributed by atoms with Crippen molar-refractivity contribution in [1.29, 1.82) is 0 Å². The number of nitrogens with one attached hydrogen (secondary N) is 11. The Labute approximate surface area is 601 Å². The van der Waals surface area contributed by atoms with Crippen LogP contribution in [0.1, 0.15) is 110 Å². The zero-order valence-corrected chi connectivity index (χ0v) is 60.5. The van der Waals surface area contributed by atoms with Gasteiger partial charge in [-0.15, -0.1) is 0 Å². The lowest BCUT2D eigenvalue weighted by Crippen LogP contribution is -2.61. The van der Waals surface area contributed by atoms with E-state index in [1.165, 1.54) is 28.4 Å². The summed E-state index contributed by atoms with van der Waals surface area (Å²) < 4.78 is 0. The summed E-state index contributed by atoms with van der Waals surface area (Å²) in [7, 11) is 0. The number of amides is 11. The van der Waals surface area contributed by atoms with E-state index in [-0.39, 0.29) is 120 Å². The van der Waals surface area contributed by atoms with Gasteiger partial charge in [0, 0.05) is 48.9 Å². The van der Waals surface area contributed by atoms with Crippen LogP contribution in [0.4, 0.5) is 0 Å². The Bertz CT molecular complexity index is 3120. The third-order valence-corrected chi connectivity index (χ3v) is 18.0. The highest BCUT2D eigenvalue weighted by atomic mass is 32.2. The van der Waals surface area contributed by atoms with Crippen LogP contribution < -0.4 is 87.6 Å². The first-order chi connectivity index (χ1) is 48.1. The predicted molar refractivity (Wildman–Crippen MR) is 388 cm³/mol. The maximum Gasteiger partial charge on any atom is 0.328 e. The second-order valence-electron chi connectivity index (χ2n) is 24.6. The number of fused-ring (bicyclic) bond motifs is 1. The van der Waals surface area contributed by atoms with Crippen molar-refractivity contribution in [3.05, 3.63) is 36.0 Å². The van der Waals surface area contributed by atoms with Crippen molar-refractivity contribution in [2.24, 2.45) is 50.3 Å². The van der Waals surface area contributed by atoms with Gasteiger partial charge in [0.25, 0.3) is 0 Å². The van der Waals surface area contributed by atoms with Crippen molar-refractivity contribution in [2.45, 2.75) is 183 Å². The molecular weight excluding hydrogens is 1370 g/mol. The highest BCUT2D eigenvalue weighted by Crippen LogP contribution is 2.22. The van der Waals surface area contributed by atoms with Gasteiger partial charge in [0.15, 0.2) is 11.9 Å². The molecule has 35 nitrogen and oxygen atoms in total. The number of aliphatic hydroxyl groups is 2. The number of likely N-dealkylation sites (tertiary alicyclic amines) is 1. The van der Waals surface area contributed by atoms with Crippen LogP contribution >= 0.6 is 36.2 Å². The van der Waals surface area contributed by atoms with Crippen molar-refractivity contribution < 1.29 is 72.9 Å². The van der Waals surface area contributed by atoms with Gasteiger partial charge in [0.05, 0.1) is 19.3 Å². The number of carboxylic acids is 1. The predicted octanol–water partition coefficient (Wildman–Crippen LogP) is -4.93. The molecule has 0 bridgehead atoms. The van der Waals surface area contributed by atoms with Crippen molar-refractivity contribution in [2.75, 3.05) is 69.2 Å². The second-order valence-corrected chi connectivity index (χ2v) is 27.0. The Morgan fingerprint density at radius 3 is 1.58 bits per heavy atom. The summed E-state index contributed by atoms with van der Waals surface area (Å²) in [5, 5.41) is 56.1. The van der Waals surface area contributed by atoms with Gasteiger partial charge < -0.3 is 113 Å². The normalized spacial score (nSPS) is 16.0. The van der Waals surface area contributed by atoms with E-state index in [1.807, 2.05) is 20.1 Å². The van der Waals surface area contributed by atoms with Crippen molar-refractivity contribution in [1.82, 2.24) is 63.1 Å². The number of aromatic nitrogens is 1. The number of carboxylic acid groups (broad SMARTS) is 1. The van der Waals surface area contributed by atoms with E-state index in [2.05, 4.69) is 80.8 Å². The van der Waals surface area contributed by atoms with Crippen LogP contribution in [-0.2, 0) is 64.0 Å². The van der Waals surface area contributed by atoms with Gasteiger partial charge in [-0.05, 0) is 132 Å². The monoisotopic (exact) mass is 1480 g/mol. The number of para-hydroxylation sites is 1. The quantitative estimate of drug-likeness (QED) is 0.0128. The SMILES string of the molecule is CC[C@H](NC(=O)[C@H](CS)NC(=O)[C@@H]1CCCN1C(=O)[C@H](CCSC)NC(=O)[C@H](CCCCN)NC(=O)[C@H](CCCN=C(N)N)NC(=O)[C@H](CO)NC(=O)[C@H](Cc1c[nH]c2ccccc12)NC(=O)[C@H](CCCN=C(N)N)NC(=O)[C@H](CC(C)C)NC(=O)[C@@H](N)CCSC)C(=O)N[C@@H](CO)C(=O)O. The minimum Gasteiger partial charge on any atom is -0.480 e. The molecular formula is C63H106N20O15S3. The number of aliphatic carboxylic acids is 1. The standard InChI is InChI=1S/C63H106N20O15S3/c1-6-38(51(87)81-47(32-85)61(97)98)73-58(94)48(33-99)82-59(95)49-19-13-25-83(49)60(96)43(21-27-101-5)77-53(89)40(16-9-10-22-64)74-52(88)41(17-11-23-70-62(66)67)76-57(93)46(31-84)80-56(92)45(29-35-30-72-39-15-8-7-14-36(35)39)79-54(90)42(18-12-24-71-63(68)69)75-55(91)44(28-34(2)3)78-50(86)37(65)20-26-100-4/h7-8,14-15,30,34,37-38,40-49,72,84-85,99H,6,9-13,16-29,31-33,64-65H2,1-5H3,(H,73,94)(H,74,88)(H,75,91)(H,76,93)(H,77,89)(H,78,86)(H,79,90)(H,80,92)(H,81,87)(H,82,95)(H,97,98)(H4,66,67,70)(H4,68,69,71)/t37-,38-,40-,41-,42-,43-,44-,45-,46-,47-,48-,49-/m0/s1. The van der Waals surface area contributed by atoms with Crippen LogP contribution in [0.25, 0.3) is 10.9 Å². The molecule has 1 saturated heterocycles. The summed E-state index contributed by atoms with van der Waals surface area (Å²) in [6.07, 6.45) is 6.69.